The molecular formula is C11H15N3OS. The lowest BCUT2D eigenvalue weighted by Crippen LogP contribution is -2.17. The second-order valence-corrected chi connectivity index (χ2v) is 4.92. The maximum atomic E-state index is 4.92. The van der Waals surface area contributed by atoms with Crippen LogP contribution >= 0.6 is 11.3 Å². The minimum absolute atomic E-state index is 0.805. The third-order valence-electron chi connectivity index (χ3n) is 2.53. The van der Waals surface area contributed by atoms with E-state index in [-0.39, 0.29) is 0 Å². The maximum absolute atomic E-state index is 4.92. The first-order valence-electron chi connectivity index (χ1n) is 5.14. The second kappa shape index (κ2) is 4.76. The van der Waals surface area contributed by atoms with Gasteiger partial charge in [-0.2, -0.15) is 0 Å². The van der Waals surface area contributed by atoms with Gasteiger partial charge in [-0.25, -0.2) is 4.98 Å². The van der Waals surface area contributed by atoms with Crippen molar-refractivity contribution in [2.24, 2.45) is 0 Å². The molecule has 0 aromatic carbocycles. The summed E-state index contributed by atoms with van der Waals surface area (Å²) >= 11 is 1.70. The molecule has 0 atom stereocenters. The average Bonchev–Trinajstić information content (AvgIpc) is 2.79. The van der Waals surface area contributed by atoms with Crippen molar-refractivity contribution in [1.82, 2.24) is 15.0 Å². The lowest BCUT2D eigenvalue weighted by atomic mass is 10.2. The Kier molecular flexibility index (Phi) is 3.36. The molecule has 4 nitrogen and oxygen atoms in total. The van der Waals surface area contributed by atoms with Crippen molar-refractivity contribution in [3.63, 3.8) is 0 Å². The van der Waals surface area contributed by atoms with Gasteiger partial charge in [-0.05, 0) is 20.9 Å². The summed E-state index contributed by atoms with van der Waals surface area (Å²) in [4.78, 5) is 7.76. The highest BCUT2D eigenvalue weighted by Gasteiger charge is 2.09. The second-order valence-electron chi connectivity index (χ2n) is 3.98. The summed E-state index contributed by atoms with van der Waals surface area (Å²) in [6.45, 7) is 5.76. The molecule has 0 radical (unpaired) electrons. The van der Waals surface area contributed by atoms with Crippen molar-refractivity contribution in [2.45, 2.75) is 26.9 Å². The number of nitrogens with zero attached hydrogens (tertiary/aromatic N) is 3. The van der Waals surface area contributed by atoms with Crippen LogP contribution in [0.15, 0.2) is 16.3 Å². The van der Waals surface area contributed by atoms with E-state index in [4.69, 9.17) is 4.52 Å². The van der Waals surface area contributed by atoms with E-state index in [1.165, 1.54) is 4.88 Å². The van der Waals surface area contributed by atoms with E-state index in [0.717, 1.165) is 30.0 Å². The van der Waals surface area contributed by atoms with Gasteiger partial charge in [0.05, 0.1) is 11.2 Å². The van der Waals surface area contributed by atoms with E-state index in [0.29, 0.717) is 0 Å². The SMILES string of the molecule is Cc1conc1CN(C)Cc1scnc1C. The van der Waals surface area contributed by atoms with Crippen LogP contribution in [0.1, 0.15) is 21.8 Å². The van der Waals surface area contributed by atoms with Gasteiger partial charge in [0.25, 0.3) is 0 Å². The Morgan fingerprint density at radius 2 is 2.19 bits per heavy atom. The number of hydrogen-bond acceptors (Lipinski definition) is 5. The van der Waals surface area contributed by atoms with Crippen LogP contribution in [0.4, 0.5) is 0 Å². The number of thiazole rings is 1. The Hall–Kier alpha value is -1.20. The van der Waals surface area contributed by atoms with Crippen LogP contribution < -0.4 is 0 Å². The van der Waals surface area contributed by atoms with Crippen molar-refractivity contribution in [3.8, 4) is 0 Å². The first kappa shape index (κ1) is 11.3. The summed E-state index contributed by atoms with van der Waals surface area (Å²) in [6, 6.07) is 0. The first-order valence-corrected chi connectivity index (χ1v) is 6.02. The van der Waals surface area contributed by atoms with Crippen molar-refractivity contribution in [1.29, 1.82) is 0 Å². The Morgan fingerprint density at radius 3 is 2.75 bits per heavy atom. The topological polar surface area (TPSA) is 42.2 Å². The monoisotopic (exact) mass is 237 g/mol. The van der Waals surface area contributed by atoms with Crippen LogP contribution in [0.3, 0.4) is 0 Å². The van der Waals surface area contributed by atoms with E-state index in [1.807, 2.05) is 19.4 Å². The molecule has 0 unspecified atom stereocenters. The van der Waals surface area contributed by atoms with E-state index in [9.17, 15) is 0 Å². The summed E-state index contributed by atoms with van der Waals surface area (Å²) in [5.74, 6) is 0. The summed E-state index contributed by atoms with van der Waals surface area (Å²) in [5, 5.41) is 3.98. The van der Waals surface area contributed by atoms with Gasteiger partial charge in [0.2, 0.25) is 0 Å². The molecule has 2 rings (SSSR count). The third-order valence-corrected chi connectivity index (χ3v) is 3.45. The molecule has 0 saturated carbocycles. The predicted molar refractivity (Wildman–Crippen MR) is 63.3 cm³/mol. The molecule has 0 spiro atoms. The van der Waals surface area contributed by atoms with Gasteiger partial charge in [-0.1, -0.05) is 5.16 Å². The maximum Gasteiger partial charge on any atom is 0.127 e. The Morgan fingerprint density at radius 1 is 1.38 bits per heavy atom. The predicted octanol–water partition coefficient (Wildman–Crippen LogP) is 2.38. The molecule has 2 heterocycles. The van der Waals surface area contributed by atoms with Crippen molar-refractivity contribution < 1.29 is 4.52 Å². The number of rotatable bonds is 4. The van der Waals surface area contributed by atoms with Crippen LogP contribution in [0.5, 0.6) is 0 Å². The van der Waals surface area contributed by atoms with E-state index >= 15 is 0 Å². The molecule has 16 heavy (non-hydrogen) atoms. The molecule has 0 aliphatic heterocycles. The highest BCUT2D eigenvalue weighted by atomic mass is 32.1. The fraction of sp³-hybridized carbons (Fsp3) is 0.455. The summed E-state index contributed by atoms with van der Waals surface area (Å²) in [6.07, 6.45) is 1.68. The molecule has 0 amide bonds. The zero-order valence-electron chi connectivity index (χ0n) is 9.73. The number of hydrogen-bond donors (Lipinski definition) is 0. The fourth-order valence-electron chi connectivity index (χ4n) is 1.50. The molecule has 86 valence electrons. The molecule has 0 saturated heterocycles. The summed E-state index contributed by atoms with van der Waals surface area (Å²) in [7, 11) is 2.08. The van der Waals surface area contributed by atoms with Gasteiger partial charge in [0.15, 0.2) is 0 Å². The lowest BCUT2D eigenvalue weighted by molar-refractivity contribution is 0.305. The van der Waals surface area contributed by atoms with Crippen LogP contribution in [0, 0.1) is 13.8 Å². The lowest BCUT2D eigenvalue weighted by Gasteiger charge is -2.14. The molecule has 2 aromatic rings. The first-order chi connectivity index (χ1) is 7.66. The molecule has 0 fully saturated rings. The molecule has 0 N–H and O–H groups in total. The van der Waals surface area contributed by atoms with E-state index in [1.54, 1.807) is 17.6 Å². The van der Waals surface area contributed by atoms with Crippen LogP contribution in [0.2, 0.25) is 0 Å². The molecule has 0 aliphatic rings. The summed E-state index contributed by atoms with van der Waals surface area (Å²) in [5.41, 5.74) is 5.12. The van der Waals surface area contributed by atoms with Gasteiger partial charge >= 0.3 is 0 Å². The molecular weight excluding hydrogens is 222 g/mol. The van der Waals surface area contributed by atoms with Gasteiger partial charge in [-0.15, -0.1) is 11.3 Å². The largest absolute Gasteiger partial charge is 0.364 e. The molecule has 0 aliphatic carbocycles. The zero-order valence-corrected chi connectivity index (χ0v) is 10.5. The van der Waals surface area contributed by atoms with Crippen molar-refractivity contribution >= 4 is 11.3 Å². The number of aromatic nitrogens is 2. The van der Waals surface area contributed by atoms with Crippen LogP contribution in [-0.2, 0) is 13.1 Å². The smallest absolute Gasteiger partial charge is 0.127 e. The highest BCUT2D eigenvalue weighted by Crippen LogP contribution is 2.16. The molecule has 0 bridgehead atoms. The van der Waals surface area contributed by atoms with Gasteiger partial charge < -0.3 is 4.52 Å². The number of aryl methyl sites for hydroxylation is 2. The van der Waals surface area contributed by atoms with Crippen LogP contribution in [-0.4, -0.2) is 22.1 Å². The minimum atomic E-state index is 0.805. The fourth-order valence-corrected chi connectivity index (χ4v) is 2.35. The molecule has 2 aromatic heterocycles. The normalized spacial score (nSPS) is 11.2. The van der Waals surface area contributed by atoms with Gasteiger partial charge in [0, 0.05) is 23.5 Å². The van der Waals surface area contributed by atoms with Gasteiger partial charge in [0.1, 0.15) is 12.0 Å². The summed E-state index contributed by atoms with van der Waals surface area (Å²) < 4.78 is 4.92. The van der Waals surface area contributed by atoms with Crippen molar-refractivity contribution in [3.05, 3.63) is 33.6 Å². The minimum Gasteiger partial charge on any atom is -0.364 e. The Labute approximate surface area is 98.9 Å². The average molecular weight is 237 g/mol. The highest BCUT2D eigenvalue weighted by molar-refractivity contribution is 7.09. The zero-order chi connectivity index (χ0) is 11.5. The molecule has 5 heteroatoms. The van der Waals surface area contributed by atoms with E-state index in [2.05, 4.69) is 22.1 Å². The Bertz CT molecular complexity index is 421. The Balaban J connectivity index is 1.97. The quantitative estimate of drug-likeness (QED) is 0.818. The van der Waals surface area contributed by atoms with Crippen molar-refractivity contribution in [2.75, 3.05) is 7.05 Å². The van der Waals surface area contributed by atoms with Crippen LogP contribution in [0.25, 0.3) is 0 Å². The van der Waals surface area contributed by atoms with Gasteiger partial charge in [-0.3, -0.25) is 4.90 Å². The third kappa shape index (κ3) is 2.48. The standard InChI is InChI=1S/C11H15N3OS/c1-8-6-15-13-10(8)4-14(3)5-11-9(2)12-7-16-11/h6-7H,4-5H2,1-3H3. The van der Waals surface area contributed by atoms with E-state index < -0.39 is 0 Å².